The Morgan fingerprint density at radius 2 is 1.46 bits per heavy atom. The monoisotopic (exact) mass is 326 g/mol. The number of nitrogens with zero attached hydrogens (tertiary/aromatic N) is 2. The van der Waals surface area contributed by atoms with E-state index >= 15 is 0 Å². The molecule has 7 heteroatoms. The van der Waals surface area contributed by atoms with Gasteiger partial charge in [-0.1, -0.05) is 13.8 Å². The fraction of sp³-hybridized carbons (Fsp3) is 0.235. The molecule has 0 aromatic carbocycles. The van der Waals surface area contributed by atoms with Crippen molar-refractivity contribution < 1.29 is 14.4 Å². The van der Waals surface area contributed by atoms with Crippen molar-refractivity contribution in [3.8, 4) is 0 Å². The number of carbonyl (C=O) groups is 3. The first-order valence-electron chi connectivity index (χ1n) is 7.37. The van der Waals surface area contributed by atoms with Gasteiger partial charge in [-0.15, -0.1) is 0 Å². The van der Waals surface area contributed by atoms with E-state index in [0.29, 0.717) is 5.69 Å². The second kappa shape index (κ2) is 6.99. The standard InChI is InChI=1S/C17H18N4O3/c1-9(2)14(12-7-10(16(18)23)3-5-20-12)15(22)13-8-11(17(19)24)4-6-21-13/h3-9,14H,1-2H3,(H2,18,23)(H2,19,24). The van der Waals surface area contributed by atoms with E-state index < -0.39 is 17.7 Å². The average Bonchev–Trinajstić information content (AvgIpc) is 2.55. The zero-order valence-electron chi connectivity index (χ0n) is 13.4. The van der Waals surface area contributed by atoms with Crippen LogP contribution >= 0.6 is 0 Å². The molecule has 2 aromatic heterocycles. The van der Waals surface area contributed by atoms with Gasteiger partial charge in [0.2, 0.25) is 11.8 Å². The minimum Gasteiger partial charge on any atom is -0.366 e. The molecule has 0 radical (unpaired) electrons. The van der Waals surface area contributed by atoms with Crippen molar-refractivity contribution in [2.45, 2.75) is 19.8 Å². The summed E-state index contributed by atoms with van der Waals surface area (Å²) in [6.45, 7) is 3.72. The quantitative estimate of drug-likeness (QED) is 0.773. The van der Waals surface area contributed by atoms with Crippen LogP contribution < -0.4 is 11.5 Å². The first-order chi connectivity index (χ1) is 11.3. The minimum absolute atomic E-state index is 0.104. The van der Waals surface area contributed by atoms with Crippen molar-refractivity contribution >= 4 is 17.6 Å². The number of amides is 2. The molecule has 4 N–H and O–H groups in total. The summed E-state index contributed by atoms with van der Waals surface area (Å²) < 4.78 is 0. The first-order valence-corrected chi connectivity index (χ1v) is 7.37. The molecular formula is C17H18N4O3. The summed E-state index contributed by atoms with van der Waals surface area (Å²) in [5.74, 6) is -2.27. The Hall–Kier alpha value is -3.09. The van der Waals surface area contributed by atoms with E-state index in [1.54, 1.807) is 0 Å². The van der Waals surface area contributed by atoms with Crippen LogP contribution in [0.2, 0.25) is 0 Å². The third kappa shape index (κ3) is 3.62. The third-order valence-corrected chi connectivity index (χ3v) is 3.63. The maximum atomic E-state index is 12.9. The Balaban J connectivity index is 2.46. The van der Waals surface area contributed by atoms with Crippen LogP contribution in [-0.2, 0) is 0 Å². The van der Waals surface area contributed by atoms with Gasteiger partial charge in [0, 0.05) is 23.5 Å². The maximum absolute atomic E-state index is 12.9. The van der Waals surface area contributed by atoms with Crippen molar-refractivity contribution in [2.75, 3.05) is 0 Å². The predicted molar refractivity (Wildman–Crippen MR) is 87.4 cm³/mol. The fourth-order valence-electron chi connectivity index (χ4n) is 2.43. The number of hydrogen-bond acceptors (Lipinski definition) is 5. The fourth-order valence-corrected chi connectivity index (χ4v) is 2.43. The number of carbonyl (C=O) groups excluding carboxylic acids is 3. The molecule has 2 heterocycles. The summed E-state index contributed by atoms with van der Waals surface area (Å²) in [5, 5.41) is 0. The van der Waals surface area contributed by atoms with Gasteiger partial charge in [0.05, 0.1) is 11.6 Å². The number of ketones is 1. The molecule has 0 saturated carbocycles. The molecule has 124 valence electrons. The highest BCUT2D eigenvalue weighted by molar-refractivity contribution is 6.02. The van der Waals surface area contributed by atoms with Gasteiger partial charge in [0.25, 0.3) is 0 Å². The van der Waals surface area contributed by atoms with Crippen LogP contribution in [0.4, 0.5) is 0 Å². The molecule has 2 aromatic rings. The first kappa shape index (κ1) is 17.3. The van der Waals surface area contributed by atoms with Crippen LogP contribution in [0.15, 0.2) is 36.7 Å². The number of primary amides is 2. The molecule has 7 nitrogen and oxygen atoms in total. The zero-order valence-corrected chi connectivity index (χ0v) is 13.4. The van der Waals surface area contributed by atoms with E-state index in [9.17, 15) is 14.4 Å². The van der Waals surface area contributed by atoms with Gasteiger partial charge in [-0.3, -0.25) is 24.4 Å². The van der Waals surface area contributed by atoms with Crippen LogP contribution in [-0.4, -0.2) is 27.6 Å². The molecule has 2 rings (SSSR count). The summed E-state index contributed by atoms with van der Waals surface area (Å²) in [6.07, 6.45) is 2.79. The topological polar surface area (TPSA) is 129 Å². The van der Waals surface area contributed by atoms with Gasteiger partial charge in [-0.2, -0.15) is 0 Å². The van der Waals surface area contributed by atoms with Crippen molar-refractivity contribution in [1.29, 1.82) is 0 Å². The molecule has 0 saturated heterocycles. The van der Waals surface area contributed by atoms with Crippen LogP contribution in [0.25, 0.3) is 0 Å². The molecule has 0 spiro atoms. The van der Waals surface area contributed by atoms with Crippen LogP contribution in [0.3, 0.4) is 0 Å². The number of nitrogens with two attached hydrogens (primary N) is 2. The summed E-state index contributed by atoms with van der Waals surface area (Å²) in [7, 11) is 0. The van der Waals surface area contributed by atoms with Gasteiger partial charge >= 0.3 is 0 Å². The highest BCUT2D eigenvalue weighted by atomic mass is 16.1. The Morgan fingerprint density at radius 1 is 0.917 bits per heavy atom. The van der Waals surface area contributed by atoms with E-state index in [1.165, 1.54) is 36.7 Å². The van der Waals surface area contributed by atoms with Crippen molar-refractivity contribution in [1.82, 2.24) is 9.97 Å². The average molecular weight is 326 g/mol. The second-order valence-corrected chi connectivity index (χ2v) is 5.71. The van der Waals surface area contributed by atoms with Crippen LogP contribution in [0.5, 0.6) is 0 Å². The summed E-state index contributed by atoms with van der Waals surface area (Å²) in [6, 6.07) is 5.79. The van der Waals surface area contributed by atoms with Crippen molar-refractivity contribution in [2.24, 2.45) is 17.4 Å². The highest BCUT2D eigenvalue weighted by Gasteiger charge is 2.28. The van der Waals surface area contributed by atoms with Crippen molar-refractivity contribution in [3.63, 3.8) is 0 Å². The molecular weight excluding hydrogens is 308 g/mol. The Morgan fingerprint density at radius 3 is 2.00 bits per heavy atom. The summed E-state index contributed by atoms with van der Waals surface area (Å²) in [5.41, 5.74) is 11.6. The highest BCUT2D eigenvalue weighted by Crippen LogP contribution is 2.27. The third-order valence-electron chi connectivity index (χ3n) is 3.63. The Kier molecular flexibility index (Phi) is 5.03. The van der Waals surface area contributed by atoms with Gasteiger partial charge < -0.3 is 11.5 Å². The second-order valence-electron chi connectivity index (χ2n) is 5.71. The number of hydrogen-bond donors (Lipinski definition) is 2. The maximum Gasteiger partial charge on any atom is 0.248 e. The number of Topliss-reactive ketones (excluding diaryl/α,β-unsaturated/α-hetero) is 1. The summed E-state index contributed by atoms with van der Waals surface area (Å²) in [4.78, 5) is 43.7. The van der Waals surface area contributed by atoms with Gasteiger partial charge in [0.15, 0.2) is 5.78 Å². The van der Waals surface area contributed by atoms with E-state index in [1.807, 2.05) is 13.8 Å². The predicted octanol–water partition coefficient (Wildman–Crippen LogP) is 1.30. The normalized spacial score (nSPS) is 12.0. The minimum atomic E-state index is -0.638. The molecule has 1 unspecified atom stereocenters. The Bertz CT molecular complexity index is 802. The SMILES string of the molecule is CC(C)C(C(=O)c1cc(C(N)=O)ccn1)c1cc(C(N)=O)ccn1. The lowest BCUT2D eigenvalue weighted by Gasteiger charge is -2.19. The lowest BCUT2D eigenvalue weighted by Crippen LogP contribution is -2.22. The van der Waals surface area contributed by atoms with Gasteiger partial charge in [0.1, 0.15) is 5.69 Å². The van der Waals surface area contributed by atoms with Crippen LogP contribution in [0.1, 0.15) is 56.7 Å². The molecule has 24 heavy (non-hydrogen) atoms. The smallest absolute Gasteiger partial charge is 0.248 e. The molecule has 2 amide bonds. The molecule has 0 aliphatic carbocycles. The van der Waals surface area contributed by atoms with Crippen LogP contribution in [0, 0.1) is 5.92 Å². The molecule has 0 aliphatic rings. The summed E-state index contributed by atoms with van der Waals surface area (Å²) >= 11 is 0. The van der Waals surface area contributed by atoms with E-state index in [0.717, 1.165) is 0 Å². The number of rotatable bonds is 6. The number of pyridine rings is 2. The van der Waals surface area contributed by atoms with Gasteiger partial charge in [-0.25, -0.2) is 0 Å². The number of aromatic nitrogens is 2. The van der Waals surface area contributed by atoms with Gasteiger partial charge in [-0.05, 0) is 30.2 Å². The van der Waals surface area contributed by atoms with Crippen molar-refractivity contribution in [3.05, 3.63) is 59.2 Å². The van der Waals surface area contributed by atoms with E-state index in [2.05, 4.69) is 9.97 Å². The lowest BCUT2D eigenvalue weighted by atomic mass is 9.86. The van der Waals surface area contributed by atoms with E-state index in [4.69, 9.17) is 11.5 Å². The lowest BCUT2D eigenvalue weighted by molar-refractivity contribution is 0.0928. The molecule has 1 atom stereocenters. The molecule has 0 fully saturated rings. The molecule has 0 aliphatic heterocycles. The zero-order chi connectivity index (χ0) is 17.9. The molecule has 0 bridgehead atoms. The Labute approximate surface area is 139 Å². The largest absolute Gasteiger partial charge is 0.366 e. The van der Waals surface area contributed by atoms with E-state index in [-0.39, 0.29) is 28.5 Å².